The average Bonchev–Trinajstić information content (AvgIpc) is 3.10. The van der Waals surface area contributed by atoms with Crippen LogP contribution < -0.4 is 9.47 Å². The number of unbranched alkanes of at least 4 members (excludes halogenated alkanes) is 2. The Morgan fingerprint density at radius 3 is 1.47 bits per heavy atom. The van der Waals surface area contributed by atoms with Crippen molar-refractivity contribution < 1.29 is 47.7 Å². The van der Waals surface area contributed by atoms with E-state index in [-0.39, 0.29) is 35.6 Å². The van der Waals surface area contributed by atoms with Crippen LogP contribution in [0.4, 0.5) is 0 Å². The summed E-state index contributed by atoms with van der Waals surface area (Å²) >= 11 is 0. The summed E-state index contributed by atoms with van der Waals surface area (Å²) in [5.74, 6) is -3.83. The molecule has 1 aromatic carbocycles. The second kappa shape index (κ2) is 20.3. The molecule has 12 heteroatoms. The highest BCUT2D eigenvalue weighted by molar-refractivity contribution is 6.38. The zero-order valence-corrected chi connectivity index (χ0v) is 38.5. The molecule has 1 aromatic rings. The van der Waals surface area contributed by atoms with Gasteiger partial charge in [0.1, 0.15) is 24.9 Å². The summed E-state index contributed by atoms with van der Waals surface area (Å²) in [7, 11) is 8.49. The number of esters is 5. The van der Waals surface area contributed by atoms with Crippen molar-refractivity contribution in [1.82, 2.24) is 0 Å². The number of hydrogen-bond acceptors (Lipinski definition) is 10. The van der Waals surface area contributed by atoms with E-state index >= 15 is 0 Å². The van der Waals surface area contributed by atoms with Gasteiger partial charge in [-0.15, -0.1) is 0 Å². The highest BCUT2D eigenvalue weighted by atomic mass is 16.6. The molecule has 0 bridgehead atoms. The van der Waals surface area contributed by atoms with E-state index in [2.05, 4.69) is 0 Å². The second-order valence-electron chi connectivity index (χ2n) is 19.9. The van der Waals surface area contributed by atoms with Crippen LogP contribution in [0.2, 0.25) is 17.5 Å². The molecule has 2 unspecified atom stereocenters. The standard InChI is InChI=1S/C46H73B2O10/c1-16-18-23-54-37(50)34(45(11,12)47)28-41(3,4)43(7,8)39(52)57-32-25-30(36(49)56-31-21-20-22-31)26-33(27-32)58-40(53)44(9,10)42(5,6)29-35(46(13,14)48-15)38(51)55-24-19-17-2/h25-27,31,34-35H,16-24,28-29H2,1-15H3. The van der Waals surface area contributed by atoms with Crippen LogP contribution in [0.3, 0.4) is 0 Å². The Hall–Kier alpha value is -3.30. The van der Waals surface area contributed by atoms with E-state index in [1.807, 2.05) is 69.5 Å². The van der Waals surface area contributed by atoms with E-state index < -0.39 is 68.0 Å². The minimum Gasteiger partial charge on any atom is -0.465 e. The summed E-state index contributed by atoms with van der Waals surface area (Å²) in [5.41, 5.74) is -3.86. The van der Waals surface area contributed by atoms with Gasteiger partial charge >= 0.3 is 29.8 Å². The molecule has 0 amide bonds. The zero-order valence-electron chi connectivity index (χ0n) is 38.5. The Morgan fingerprint density at radius 2 is 1.10 bits per heavy atom. The molecule has 3 radical (unpaired) electrons. The molecule has 0 saturated heterocycles. The van der Waals surface area contributed by atoms with Crippen LogP contribution in [0.1, 0.15) is 165 Å². The maximum absolute atomic E-state index is 14.2. The quantitative estimate of drug-likeness (QED) is 0.0346. The molecule has 2 rings (SSSR count). The first-order valence-electron chi connectivity index (χ1n) is 21.3. The molecule has 1 fully saturated rings. The van der Waals surface area contributed by atoms with Gasteiger partial charge in [0.2, 0.25) is 0 Å². The van der Waals surface area contributed by atoms with E-state index in [0.717, 1.165) is 44.9 Å². The van der Waals surface area contributed by atoms with Crippen LogP contribution in [-0.4, -0.2) is 64.3 Å². The zero-order chi connectivity index (χ0) is 44.5. The minimum absolute atomic E-state index is 0.00526. The smallest absolute Gasteiger partial charge is 0.338 e. The molecule has 10 nitrogen and oxygen atoms in total. The fraction of sp³-hybridized carbons (Fsp3) is 0.761. The summed E-state index contributed by atoms with van der Waals surface area (Å²) in [6.45, 7) is 28.7. The maximum Gasteiger partial charge on any atom is 0.338 e. The van der Waals surface area contributed by atoms with Gasteiger partial charge in [0.15, 0.2) is 0 Å². The lowest BCUT2D eigenvalue weighted by molar-refractivity contribution is -0.158. The van der Waals surface area contributed by atoms with Gasteiger partial charge in [0.05, 0.1) is 49.3 Å². The van der Waals surface area contributed by atoms with Crippen molar-refractivity contribution in [3.8, 4) is 11.5 Å². The third-order valence-corrected chi connectivity index (χ3v) is 13.3. The molecule has 0 heterocycles. The molecule has 0 N–H and O–H groups in total. The summed E-state index contributed by atoms with van der Waals surface area (Å²) in [6.07, 6.45) is 6.07. The van der Waals surface area contributed by atoms with Gasteiger partial charge in [-0.05, 0) is 95.6 Å². The SMILES string of the molecule is [B]C(C)(C)C(CC(C)(C)C(C)(C)C(=O)Oc1cc(OC(=O)C(C)(C)C(C)(C)CC(C(=O)OCCCC)C(C)(C)[B]C)cc(C(=O)OC2CCC2)c1)C(=O)OCCCC. The molecule has 58 heavy (non-hydrogen) atoms. The maximum atomic E-state index is 14.2. The highest BCUT2D eigenvalue weighted by Crippen LogP contribution is 2.51. The Bertz CT molecular complexity index is 1580. The van der Waals surface area contributed by atoms with Crippen LogP contribution in [0, 0.1) is 33.5 Å². The lowest BCUT2D eigenvalue weighted by Gasteiger charge is -2.44. The number of carbonyl (C=O) groups excluding carboxylic acids is 5. The predicted octanol–water partition coefficient (Wildman–Crippen LogP) is 10.3. The Balaban J connectivity index is 2.47. The van der Waals surface area contributed by atoms with Crippen molar-refractivity contribution >= 4 is 45.0 Å². The molecule has 0 spiro atoms. The van der Waals surface area contributed by atoms with Gasteiger partial charge in [0, 0.05) is 6.07 Å². The number of rotatable bonds is 23. The fourth-order valence-corrected chi connectivity index (χ4v) is 6.41. The third-order valence-electron chi connectivity index (χ3n) is 13.3. The van der Waals surface area contributed by atoms with Gasteiger partial charge < -0.3 is 23.7 Å². The molecule has 1 aliphatic carbocycles. The van der Waals surface area contributed by atoms with Gasteiger partial charge in [0.25, 0.3) is 0 Å². The number of benzene rings is 1. The molecule has 0 aromatic heterocycles. The number of hydrogen-bond donors (Lipinski definition) is 0. The Morgan fingerprint density at radius 1 is 0.690 bits per heavy atom. The normalized spacial score (nSPS) is 15.4. The number of carbonyl (C=O) groups is 5. The summed E-state index contributed by atoms with van der Waals surface area (Å²) in [5, 5.41) is -1.45. The lowest BCUT2D eigenvalue weighted by Crippen LogP contribution is -2.46. The van der Waals surface area contributed by atoms with E-state index in [1.165, 1.54) is 18.2 Å². The van der Waals surface area contributed by atoms with Crippen LogP contribution in [0.5, 0.6) is 11.5 Å². The van der Waals surface area contributed by atoms with Gasteiger partial charge in [-0.2, -0.15) is 0 Å². The summed E-state index contributed by atoms with van der Waals surface area (Å²) < 4.78 is 29.0. The topological polar surface area (TPSA) is 132 Å². The highest BCUT2D eigenvalue weighted by Gasteiger charge is 2.51. The minimum atomic E-state index is -1.18. The van der Waals surface area contributed by atoms with Gasteiger partial charge in [-0.3, -0.25) is 19.2 Å². The first-order valence-corrected chi connectivity index (χ1v) is 21.3. The molecular formula is C46H73B2O10. The van der Waals surface area contributed by atoms with Crippen LogP contribution in [0.25, 0.3) is 0 Å². The van der Waals surface area contributed by atoms with E-state index in [0.29, 0.717) is 19.6 Å². The van der Waals surface area contributed by atoms with E-state index in [4.69, 9.17) is 31.5 Å². The molecule has 1 saturated carbocycles. The van der Waals surface area contributed by atoms with Gasteiger partial charge in [-0.1, -0.05) is 99.5 Å². The largest absolute Gasteiger partial charge is 0.465 e. The van der Waals surface area contributed by atoms with Crippen molar-refractivity contribution in [2.45, 2.75) is 178 Å². The van der Waals surface area contributed by atoms with E-state index in [9.17, 15) is 24.0 Å². The van der Waals surface area contributed by atoms with Crippen molar-refractivity contribution in [1.29, 1.82) is 0 Å². The fourth-order valence-electron chi connectivity index (χ4n) is 6.41. The molecule has 0 aliphatic heterocycles. The Labute approximate surface area is 352 Å². The second-order valence-corrected chi connectivity index (χ2v) is 19.9. The number of ether oxygens (including phenoxy) is 5. The monoisotopic (exact) mass is 808 g/mol. The first kappa shape index (κ1) is 50.8. The van der Waals surface area contributed by atoms with E-state index in [1.54, 1.807) is 41.5 Å². The van der Waals surface area contributed by atoms with Crippen molar-refractivity contribution in [3.05, 3.63) is 23.8 Å². The lowest BCUT2D eigenvalue weighted by atomic mass is 9.47. The molecule has 1 aliphatic rings. The molecule has 323 valence electrons. The molecule has 2 atom stereocenters. The first-order chi connectivity index (χ1) is 26.6. The van der Waals surface area contributed by atoms with Crippen molar-refractivity contribution in [2.24, 2.45) is 33.5 Å². The predicted molar refractivity (Wildman–Crippen MR) is 229 cm³/mol. The van der Waals surface area contributed by atoms with Crippen LogP contribution in [0.15, 0.2) is 18.2 Å². The van der Waals surface area contributed by atoms with Crippen LogP contribution in [-0.2, 0) is 33.4 Å². The van der Waals surface area contributed by atoms with Crippen molar-refractivity contribution in [3.63, 3.8) is 0 Å². The summed E-state index contributed by atoms with van der Waals surface area (Å²) in [4.78, 5) is 68.5. The van der Waals surface area contributed by atoms with Gasteiger partial charge in [-0.25, -0.2) is 4.79 Å². The molecular weight excluding hydrogens is 734 g/mol. The average molecular weight is 808 g/mol. The Kier molecular flexibility index (Phi) is 17.8. The van der Waals surface area contributed by atoms with Crippen molar-refractivity contribution in [2.75, 3.05) is 13.2 Å². The summed E-state index contributed by atoms with van der Waals surface area (Å²) in [6, 6.07) is 4.22. The van der Waals surface area contributed by atoms with Crippen LogP contribution >= 0.6 is 0 Å². The third kappa shape index (κ3) is 13.1.